The number of nitro benzene ring substituents is 1. The summed E-state index contributed by atoms with van der Waals surface area (Å²) < 4.78 is 0. The molecule has 3 atom stereocenters. The summed E-state index contributed by atoms with van der Waals surface area (Å²) in [4.78, 5) is 37.6. The van der Waals surface area contributed by atoms with Crippen LogP contribution in [0.5, 0.6) is 0 Å². The molecule has 150 valence electrons. The van der Waals surface area contributed by atoms with E-state index in [0.29, 0.717) is 24.8 Å². The molecule has 0 unspecified atom stereocenters. The summed E-state index contributed by atoms with van der Waals surface area (Å²) in [6, 6.07) is 13.8. The van der Waals surface area contributed by atoms with Crippen LogP contribution in [0.15, 0.2) is 54.6 Å². The van der Waals surface area contributed by atoms with Crippen LogP contribution in [-0.4, -0.2) is 32.5 Å². The lowest BCUT2D eigenvalue weighted by Gasteiger charge is -2.53. The number of nitrogens with zero attached hydrogens (tertiary/aromatic N) is 2. The highest BCUT2D eigenvalue weighted by atomic mass is 16.6. The van der Waals surface area contributed by atoms with Crippen LogP contribution in [-0.2, 0) is 11.3 Å². The van der Waals surface area contributed by atoms with E-state index in [0.717, 1.165) is 5.56 Å². The molecule has 1 aliphatic heterocycles. The van der Waals surface area contributed by atoms with E-state index in [1.807, 2.05) is 30.3 Å². The summed E-state index contributed by atoms with van der Waals surface area (Å²) in [5.41, 5.74) is -0.282. The van der Waals surface area contributed by atoms with Crippen molar-refractivity contribution in [1.82, 2.24) is 10.2 Å². The quantitative estimate of drug-likeness (QED) is 0.610. The molecule has 2 amide bonds. The molecule has 0 radical (unpaired) electrons. The zero-order valence-electron chi connectivity index (χ0n) is 15.7. The predicted octanol–water partition coefficient (Wildman–Crippen LogP) is 2.92. The highest BCUT2D eigenvalue weighted by Crippen LogP contribution is 2.45. The Kier molecular flexibility index (Phi) is 4.79. The third-order valence-corrected chi connectivity index (χ3v) is 5.78. The number of benzene rings is 2. The number of nitro groups is 1. The molecule has 2 aromatic carbocycles. The van der Waals surface area contributed by atoms with Crippen LogP contribution >= 0.6 is 0 Å². The molecule has 2 N–H and O–H groups in total. The number of carbonyl (C=O) groups is 2. The smallest absolute Gasteiger partial charge is 0.320 e. The SMILES string of the molecule is O=C1CCC[C@@]2(O)[C@H]1[C@@H](c1ccc([N+](=O)[O-])cc1)NC(=O)N2Cc1ccccc1. The highest BCUT2D eigenvalue weighted by molar-refractivity contribution is 5.88. The van der Waals surface area contributed by atoms with Crippen molar-refractivity contribution < 1.29 is 19.6 Å². The standard InChI is InChI=1S/C21H21N3O5/c25-17-7-4-12-21(27)18(17)19(15-8-10-16(11-9-15)24(28)29)22-20(26)23(21)13-14-5-2-1-3-6-14/h1-3,5-6,8-11,18-19,27H,4,7,12-13H2,(H,22,26)/t18-,19-,21-/m1/s1. The zero-order chi connectivity index (χ0) is 20.6. The van der Waals surface area contributed by atoms with Crippen LogP contribution < -0.4 is 5.32 Å². The molecule has 2 aliphatic rings. The van der Waals surface area contributed by atoms with Gasteiger partial charge in [0.1, 0.15) is 5.78 Å². The Balaban J connectivity index is 1.70. The first kappa shape index (κ1) is 19.1. The lowest BCUT2D eigenvalue weighted by atomic mass is 9.71. The number of aliphatic hydroxyl groups is 1. The minimum atomic E-state index is -1.61. The van der Waals surface area contributed by atoms with Gasteiger partial charge < -0.3 is 10.4 Å². The topological polar surface area (TPSA) is 113 Å². The van der Waals surface area contributed by atoms with Crippen molar-refractivity contribution in [2.24, 2.45) is 5.92 Å². The van der Waals surface area contributed by atoms with Gasteiger partial charge in [0.15, 0.2) is 5.72 Å². The van der Waals surface area contributed by atoms with Gasteiger partial charge in [-0.15, -0.1) is 0 Å². The number of carbonyl (C=O) groups excluding carboxylic acids is 2. The van der Waals surface area contributed by atoms with Crippen molar-refractivity contribution in [3.8, 4) is 0 Å². The van der Waals surface area contributed by atoms with Crippen LogP contribution in [0.2, 0.25) is 0 Å². The molecule has 0 spiro atoms. The zero-order valence-corrected chi connectivity index (χ0v) is 15.7. The summed E-state index contributed by atoms with van der Waals surface area (Å²) in [7, 11) is 0. The maximum absolute atomic E-state index is 13.0. The van der Waals surface area contributed by atoms with Crippen LogP contribution in [0.25, 0.3) is 0 Å². The Morgan fingerprint density at radius 3 is 2.48 bits per heavy atom. The van der Waals surface area contributed by atoms with E-state index in [4.69, 9.17) is 0 Å². The third-order valence-electron chi connectivity index (χ3n) is 5.78. The second-order valence-corrected chi connectivity index (χ2v) is 7.52. The molecule has 1 saturated carbocycles. The number of Topliss-reactive ketones (excluding diaryl/α,β-unsaturated/α-hetero) is 1. The van der Waals surface area contributed by atoms with E-state index in [1.54, 1.807) is 0 Å². The first-order chi connectivity index (χ1) is 13.9. The van der Waals surface area contributed by atoms with Crippen LogP contribution in [0.3, 0.4) is 0 Å². The van der Waals surface area contributed by atoms with Gasteiger partial charge in [0.2, 0.25) is 0 Å². The van der Waals surface area contributed by atoms with Crippen molar-refractivity contribution in [3.63, 3.8) is 0 Å². The summed E-state index contributed by atoms with van der Waals surface area (Å²) in [6.07, 6.45) is 1.12. The van der Waals surface area contributed by atoms with E-state index in [9.17, 15) is 24.8 Å². The third kappa shape index (κ3) is 3.36. The van der Waals surface area contributed by atoms with Gasteiger partial charge in [-0.25, -0.2) is 4.79 Å². The van der Waals surface area contributed by atoms with Gasteiger partial charge in [0.25, 0.3) is 5.69 Å². The molecule has 1 saturated heterocycles. The number of hydrogen-bond acceptors (Lipinski definition) is 5. The van der Waals surface area contributed by atoms with Gasteiger partial charge in [-0.05, 0) is 24.0 Å². The van der Waals surface area contributed by atoms with Gasteiger partial charge in [-0.3, -0.25) is 19.8 Å². The molecule has 2 aromatic rings. The molecule has 1 heterocycles. The van der Waals surface area contributed by atoms with Crippen molar-refractivity contribution in [2.75, 3.05) is 0 Å². The molecule has 8 heteroatoms. The second-order valence-electron chi connectivity index (χ2n) is 7.52. The number of ketones is 1. The summed E-state index contributed by atoms with van der Waals surface area (Å²) in [5, 5.41) is 25.3. The fraction of sp³-hybridized carbons (Fsp3) is 0.333. The molecule has 2 fully saturated rings. The Bertz CT molecular complexity index is 947. The summed E-state index contributed by atoms with van der Waals surface area (Å²) in [6.45, 7) is 0.180. The Hall–Kier alpha value is -3.26. The maximum Gasteiger partial charge on any atom is 0.320 e. The largest absolute Gasteiger partial charge is 0.370 e. The van der Waals surface area contributed by atoms with E-state index in [1.165, 1.54) is 29.2 Å². The van der Waals surface area contributed by atoms with Crippen LogP contribution in [0.4, 0.5) is 10.5 Å². The Morgan fingerprint density at radius 1 is 1.14 bits per heavy atom. The minimum Gasteiger partial charge on any atom is -0.370 e. The van der Waals surface area contributed by atoms with Crippen LogP contribution in [0, 0.1) is 16.0 Å². The van der Waals surface area contributed by atoms with Gasteiger partial charge in [-0.2, -0.15) is 0 Å². The number of non-ortho nitro benzene ring substituents is 1. The molecule has 4 rings (SSSR count). The van der Waals surface area contributed by atoms with E-state index in [2.05, 4.69) is 5.32 Å². The fourth-order valence-corrected chi connectivity index (χ4v) is 4.37. The van der Waals surface area contributed by atoms with Gasteiger partial charge in [0, 0.05) is 18.6 Å². The molecule has 29 heavy (non-hydrogen) atoms. The maximum atomic E-state index is 13.0. The Morgan fingerprint density at radius 2 is 1.83 bits per heavy atom. The average Bonchev–Trinajstić information content (AvgIpc) is 2.71. The highest BCUT2D eigenvalue weighted by Gasteiger charge is 2.57. The number of nitrogens with one attached hydrogen (secondary N) is 1. The second kappa shape index (κ2) is 7.29. The molecule has 1 aliphatic carbocycles. The average molecular weight is 395 g/mol. The molecular formula is C21H21N3O5. The number of urea groups is 1. The van der Waals surface area contributed by atoms with E-state index in [-0.39, 0.29) is 18.0 Å². The van der Waals surface area contributed by atoms with Crippen molar-refractivity contribution in [2.45, 2.75) is 37.6 Å². The lowest BCUT2D eigenvalue weighted by Crippen LogP contribution is -2.69. The van der Waals surface area contributed by atoms with Crippen molar-refractivity contribution in [1.29, 1.82) is 0 Å². The van der Waals surface area contributed by atoms with Gasteiger partial charge in [-0.1, -0.05) is 42.5 Å². The van der Waals surface area contributed by atoms with Crippen LogP contribution in [0.1, 0.15) is 36.4 Å². The fourth-order valence-electron chi connectivity index (χ4n) is 4.37. The molecule has 8 nitrogen and oxygen atoms in total. The minimum absolute atomic E-state index is 0.0770. The number of hydrogen-bond donors (Lipinski definition) is 2. The van der Waals surface area contributed by atoms with Gasteiger partial charge >= 0.3 is 6.03 Å². The monoisotopic (exact) mass is 395 g/mol. The summed E-state index contributed by atoms with van der Waals surface area (Å²) in [5.74, 6) is -0.973. The van der Waals surface area contributed by atoms with Crippen molar-refractivity contribution in [3.05, 3.63) is 75.8 Å². The number of amides is 2. The van der Waals surface area contributed by atoms with Crippen molar-refractivity contribution >= 4 is 17.5 Å². The lowest BCUT2D eigenvalue weighted by molar-refractivity contribution is -0.384. The normalized spacial score (nSPS) is 26.6. The van der Waals surface area contributed by atoms with E-state index < -0.39 is 28.6 Å². The predicted molar refractivity (Wildman–Crippen MR) is 104 cm³/mol. The molecule has 0 aromatic heterocycles. The van der Waals surface area contributed by atoms with Gasteiger partial charge in [0.05, 0.1) is 23.4 Å². The number of fused-ring (bicyclic) bond motifs is 1. The first-order valence-electron chi connectivity index (χ1n) is 9.51. The van der Waals surface area contributed by atoms with E-state index >= 15 is 0 Å². The molecular weight excluding hydrogens is 374 g/mol. The summed E-state index contributed by atoms with van der Waals surface area (Å²) >= 11 is 0. The first-order valence-corrected chi connectivity index (χ1v) is 9.51. The number of rotatable bonds is 4. The molecule has 0 bridgehead atoms. The Labute approximate surface area is 167 Å².